The van der Waals surface area contributed by atoms with Crippen LogP contribution in [0.1, 0.15) is 6.42 Å². The average molecular weight is 251 g/mol. The minimum Gasteiger partial charge on any atom is -0.506 e. The molecule has 96 valence electrons. The summed E-state index contributed by atoms with van der Waals surface area (Å²) in [5.41, 5.74) is 0.281. The number of benzene rings is 1. The first-order valence-corrected chi connectivity index (χ1v) is 5.43. The molecule has 1 aliphatic heterocycles. The summed E-state index contributed by atoms with van der Waals surface area (Å²) in [6.45, 7) is 0.0644. The smallest absolute Gasteiger partial charge is 0.308 e. The third kappa shape index (κ3) is 2.09. The highest BCUT2D eigenvalue weighted by molar-refractivity contribution is 6.00. The average Bonchev–Trinajstić information content (AvgIpc) is 2.72. The molecule has 6 heteroatoms. The van der Waals surface area contributed by atoms with E-state index in [0.717, 1.165) is 0 Å². The second-order valence-electron chi connectivity index (χ2n) is 4.10. The van der Waals surface area contributed by atoms with Gasteiger partial charge in [0.2, 0.25) is 5.91 Å². The minimum absolute atomic E-state index is 0.0496. The van der Waals surface area contributed by atoms with Crippen molar-refractivity contribution >= 4 is 17.6 Å². The molecular formula is C12H13NO5. The first-order valence-electron chi connectivity index (χ1n) is 5.43. The third-order valence-corrected chi connectivity index (χ3v) is 2.95. The number of phenols is 1. The number of carboxylic acid groups (broad SMARTS) is 1. The Hall–Kier alpha value is -2.24. The first-order chi connectivity index (χ1) is 8.52. The number of aliphatic carboxylic acids is 1. The van der Waals surface area contributed by atoms with E-state index in [4.69, 9.17) is 9.84 Å². The summed E-state index contributed by atoms with van der Waals surface area (Å²) in [6, 6.07) is 4.49. The Kier molecular flexibility index (Phi) is 3.10. The van der Waals surface area contributed by atoms with Gasteiger partial charge in [0.05, 0.1) is 18.7 Å². The highest BCUT2D eigenvalue weighted by atomic mass is 16.5. The van der Waals surface area contributed by atoms with Crippen LogP contribution in [0.15, 0.2) is 18.2 Å². The number of carbonyl (C=O) groups is 2. The number of amides is 1. The summed E-state index contributed by atoms with van der Waals surface area (Å²) in [5.74, 6) is -1.63. The van der Waals surface area contributed by atoms with E-state index < -0.39 is 11.9 Å². The van der Waals surface area contributed by atoms with E-state index in [-0.39, 0.29) is 30.3 Å². The summed E-state index contributed by atoms with van der Waals surface area (Å²) in [5, 5.41) is 18.6. The van der Waals surface area contributed by atoms with Crippen LogP contribution in [-0.2, 0) is 9.59 Å². The lowest BCUT2D eigenvalue weighted by atomic mass is 10.1. The second kappa shape index (κ2) is 4.56. The van der Waals surface area contributed by atoms with Gasteiger partial charge < -0.3 is 19.8 Å². The maximum absolute atomic E-state index is 11.8. The number of carbonyl (C=O) groups excluding carboxylic acids is 1. The number of hydrogen-bond acceptors (Lipinski definition) is 4. The molecule has 0 spiro atoms. The molecule has 0 radical (unpaired) electrons. The zero-order valence-electron chi connectivity index (χ0n) is 9.79. The van der Waals surface area contributed by atoms with E-state index in [9.17, 15) is 14.7 Å². The van der Waals surface area contributed by atoms with Gasteiger partial charge in [-0.1, -0.05) is 0 Å². The quantitative estimate of drug-likeness (QED) is 0.831. The number of methoxy groups -OCH3 is 1. The zero-order valence-corrected chi connectivity index (χ0v) is 9.79. The van der Waals surface area contributed by atoms with Crippen molar-refractivity contribution in [1.29, 1.82) is 0 Å². The van der Waals surface area contributed by atoms with Gasteiger partial charge in [0.1, 0.15) is 11.5 Å². The van der Waals surface area contributed by atoms with Gasteiger partial charge in [-0.2, -0.15) is 0 Å². The molecule has 1 saturated heterocycles. The molecule has 2 N–H and O–H groups in total. The van der Waals surface area contributed by atoms with Crippen LogP contribution in [0.5, 0.6) is 11.5 Å². The molecule has 1 atom stereocenters. The van der Waals surface area contributed by atoms with E-state index in [1.807, 2.05) is 0 Å². The normalized spacial score (nSPS) is 19.1. The fraction of sp³-hybridized carbons (Fsp3) is 0.333. The molecule has 1 unspecified atom stereocenters. The molecule has 0 aliphatic carbocycles. The zero-order chi connectivity index (χ0) is 13.3. The molecular weight excluding hydrogens is 238 g/mol. The maximum atomic E-state index is 11.8. The summed E-state index contributed by atoms with van der Waals surface area (Å²) < 4.78 is 5.01. The van der Waals surface area contributed by atoms with Crippen molar-refractivity contribution in [3.63, 3.8) is 0 Å². The molecule has 2 rings (SSSR count). The van der Waals surface area contributed by atoms with Crippen molar-refractivity contribution in [2.45, 2.75) is 6.42 Å². The van der Waals surface area contributed by atoms with Crippen LogP contribution in [0, 0.1) is 5.92 Å². The molecule has 1 heterocycles. The van der Waals surface area contributed by atoms with E-state index in [1.54, 1.807) is 6.07 Å². The van der Waals surface area contributed by atoms with Crippen molar-refractivity contribution in [2.75, 3.05) is 18.6 Å². The van der Waals surface area contributed by atoms with Gasteiger partial charge >= 0.3 is 5.97 Å². The predicted octanol–water partition coefficient (Wildman–Crippen LogP) is 0.838. The van der Waals surface area contributed by atoms with E-state index in [2.05, 4.69) is 0 Å². The number of anilines is 1. The van der Waals surface area contributed by atoms with Gasteiger partial charge in [0, 0.05) is 19.0 Å². The van der Waals surface area contributed by atoms with Crippen molar-refractivity contribution in [3.8, 4) is 11.5 Å². The van der Waals surface area contributed by atoms with Crippen LogP contribution in [0.25, 0.3) is 0 Å². The molecule has 1 aliphatic rings. The van der Waals surface area contributed by atoms with Crippen LogP contribution >= 0.6 is 0 Å². The van der Waals surface area contributed by atoms with Crippen molar-refractivity contribution < 1.29 is 24.5 Å². The molecule has 1 aromatic rings. The fourth-order valence-corrected chi connectivity index (χ4v) is 1.95. The van der Waals surface area contributed by atoms with Gasteiger partial charge in [-0.3, -0.25) is 9.59 Å². The number of hydrogen-bond donors (Lipinski definition) is 2. The number of ether oxygens (including phenoxy) is 1. The highest BCUT2D eigenvalue weighted by Crippen LogP contribution is 2.35. The predicted molar refractivity (Wildman–Crippen MR) is 62.8 cm³/mol. The SMILES string of the molecule is COc1ccc(O)c(N2CC(C(=O)O)CC2=O)c1. The lowest BCUT2D eigenvalue weighted by molar-refractivity contribution is -0.141. The minimum atomic E-state index is -1.01. The van der Waals surface area contributed by atoms with Gasteiger partial charge in [0.25, 0.3) is 0 Å². The molecule has 0 bridgehead atoms. The standard InChI is InChI=1S/C12H13NO5/c1-18-8-2-3-10(14)9(5-8)13-6-7(12(16)17)4-11(13)15/h2-3,5,7,14H,4,6H2,1H3,(H,16,17). The Balaban J connectivity index is 2.32. The molecule has 18 heavy (non-hydrogen) atoms. The van der Waals surface area contributed by atoms with E-state index in [1.165, 1.54) is 24.1 Å². The molecule has 0 saturated carbocycles. The largest absolute Gasteiger partial charge is 0.506 e. The summed E-state index contributed by atoms with van der Waals surface area (Å²) in [7, 11) is 1.47. The lowest BCUT2D eigenvalue weighted by Crippen LogP contribution is -2.25. The van der Waals surface area contributed by atoms with Crippen LogP contribution in [0.2, 0.25) is 0 Å². The van der Waals surface area contributed by atoms with Crippen LogP contribution in [0.3, 0.4) is 0 Å². The molecule has 1 fully saturated rings. The fourth-order valence-electron chi connectivity index (χ4n) is 1.95. The van der Waals surface area contributed by atoms with Crippen LogP contribution < -0.4 is 9.64 Å². The Morgan fingerprint density at radius 3 is 2.78 bits per heavy atom. The highest BCUT2D eigenvalue weighted by Gasteiger charge is 2.36. The second-order valence-corrected chi connectivity index (χ2v) is 4.10. The van der Waals surface area contributed by atoms with Crippen LogP contribution in [0.4, 0.5) is 5.69 Å². The number of carboxylic acids is 1. The monoisotopic (exact) mass is 251 g/mol. The Morgan fingerprint density at radius 1 is 1.50 bits per heavy atom. The molecule has 0 aromatic heterocycles. The Labute approximate surface area is 103 Å². The topological polar surface area (TPSA) is 87.1 Å². The Bertz CT molecular complexity index is 499. The number of nitrogens with zero attached hydrogens (tertiary/aromatic N) is 1. The van der Waals surface area contributed by atoms with Gasteiger partial charge in [0.15, 0.2) is 0 Å². The third-order valence-electron chi connectivity index (χ3n) is 2.95. The van der Waals surface area contributed by atoms with E-state index in [0.29, 0.717) is 5.75 Å². The lowest BCUT2D eigenvalue weighted by Gasteiger charge is -2.18. The molecule has 1 amide bonds. The molecule has 6 nitrogen and oxygen atoms in total. The van der Waals surface area contributed by atoms with Gasteiger partial charge in [-0.15, -0.1) is 0 Å². The maximum Gasteiger partial charge on any atom is 0.308 e. The summed E-state index contributed by atoms with van der Waals surface area (Å²) in [6.07, 6.45) is -0.0496. The van der Waals surface area contributed by atoms with Crippen LogP contribution in [-0.4, -0.2) is 35.7 Å². The van der Waals surface area contributed by atoms with Gasteiger partial charge in [-0.05, 0) is 12.1 Å². The summed E-state index contributed by atoms with van der Waals surface area (Å²) in [4.78, 5) is 23.9. The number of aromatic hydroxyl groups is 1. The van der Waals surface area contributed by atoms with Crippen molar-refractivity contribution in [3.05, 3.63) is 18.2 Å². The molecule has 1 aromatic carbocycles. The first kappa shape index (κ1) is 12.2. The van der Waals surface area contributed by atoms with E-state index >= 15 is 0 Å². The van der Waals surface area contributed by atoms with Crippen molar-refractivity contribution in [2.24, 2.45) is 5.92 Å². The van der Waals surface area contributed by atoms with Gasteiger partial charge in [-0.25, -0.2) is 0 Å². The summed E-state index contributed by atoms with van der Waals surface area (Å²) >= 11 is 0. The number of phenolic OH excluding ortho intramolecular Hbond substituents is 1. The number of rotatable bonds is 3. The van der Waals surface area contributed by atoms with Crippen molar-refractivity contribution in [1.82, 2.24) is 0 Å². The Morgan fingerprint density at radius 2 is 2.22 bits per heavy atom.